The van der Waals surface area contributed by atoms with Gasteiger partial charge in [-0.2, -0.15) is 0 Å². The van der Waals surface area contributed by atoms with Crippen molar-refractivity contribution in [3.05, 3.63) is 94.8 Å². The molecule has 2 aliphatic rings. The van der Waals surface area contributed by atoms with Crippen LogP contribution in [-0.4, -0.2) is 36.2 Å². The lowest BCUT2D eigenvalue weighted by molar-refractivity contribution is 0.226. The van der Waals surface area contributed by atoms with E-state index in [0.29, 0.717) is 5.75 Å². The molecule has 3 nitrogen and oxygen atoms in total. The zero-order chi connectivity index (χ0) is 23.3. The molecule has 34 heavy (non-hydrogen) atoms. The maximum atomic E-state index is 13.6. The Hall–Kier alpha value is -2.85. The van der Waals surface area contributed by atoms with E-state index in [2.05, 4.69) is 40.1 Å². The van der Waals surface area contributed by atoms with Crippen molar-refractivity contribution in [1.29, 1.82) is 0 Å². The highest BCUT2D eigenvalue weighted by Gasteiger charge is 2.28. The van der Waals surface area contributed by atoms with E-state index in [1.165, 1.54) is 79.7 Å². The summed E-state index contributed by atoms with van der Waals surface area (Å²) >= 11 is 0. The van der Waals surface area contributed by atoms with Crippen LogP contribution in [-0.2, 0) is 19.3 Å². The third kappa shape index (κ3) is 5.44. The molecule has 2 aliphatic heterocycles. The van der Waals surface area contributed by atoms with Gasteiger partial charge in [0.25, 0.3) is 0 Å². The molecule has 1 atom stereocenters. The standard InChI is InChI=1S/C30H35FN2O/c31-26-10-12-27(13-11-26)33-20-16-25-22-28(34)14-15-29(25)30(33)21-24-8-6-23(7-9-24)5-4-19-32-17-2-1-3-18-32/h6-15,22,30,34H,1-5,16-21H2. The summed E-state index contributed by atoms with van der Waals surface area (Å²) in [7, 11) is 0. The molecule has 178 valence electrons. The number of phenolic OH excluding ortho intramolecular Hbond substituents is 1. The molecule has 4 heteroatoms. The van der Waals surface area contributed by atoms with Gasteiger partial charge < -0.3 is 14.9 Å². The number of likely N-dealkylation sites (tertiary alicyclic amines) is 1. The van der Waals surface area contributed by atoms with Crippen LogP contribution in [0, 0.1) is 5.82 Å². The lowest BCUT2D eigenvalue weighted by atomic mass is 9.88. The fraction of sp³-hybridized carbons (Fsp3) is 0.400. The van der Waals surface area contributed by atoms with E-state index in [0.717, 1.165) is 31.5 Å². The van der Waals surface area contributed by atoms with Crippen LogP contribution in [0.25, 0.3) is 0 Å². The number of piperidine rings is 1. The van der Waals surface area contributed by atoms with E-state index in [9.17, 15) is 9.50 Å². The molecule has 0 saturated carbocycles. The monoisotopic (exact) mass is 458 g/mol. The number of rotatable bonds is 7. The predicted octanol–water partition coefficient (Wildman–Crippen LogP) is 6.30. The molecular formula is C30H35FN2O. The highest BCUT2D eigenvalue weighted by molar-refractivity contribution is 5.53. The lowest BCUT2D eigenvalue weighted by Gasteiger charge is -2.39. The van der Waals surface area contributed by atoms with E-state index in [4.69, 9.17) is 0 Å². The molecule has 2 heterocycles. The number of phenols is 1. The summed E-state index contributed by atoms with van der Waals surface area (Å²) < 4.78 is 13.6. The van der Waals surface area contributed by atoms with Crippen molar-refractivity contribution < 1.29 is 9.50 Å². The zero-order valence-electron chi connectivity index (χ0n) is 19.9. The Balaban J connectivity index is 1.29. The summed E-state index contributed by atoms with van der Waals surface area (Å²) in [5, 5.41) is 10.0. The van der Waals surface area contributed by atoms with Gasteiger partial charge in [0, 0.05) is 12.2 Å². The summed E-state index contributed by atoms with van der Waals surface area (Å²) in [6.07, 6.45) is 8.20. The number of fused-ring (bicyclic) bond motifs is 1. The van der Waals surface area contributed by atoms with Crippen LogP contribution >= 0.6 is 0 Å². The normalized spacial score (nSPS) is 18.6. The minimum Gasteiger partial charge on any atom is -0.508 e. The number of benzene rings is 3. The summed E-state index contributed by atoms with van der Waals surface area (Å²) in [6.45, 7) is 4.59. The largest absolute Gasteiger partial charge is 0.508 e. The van der Waals surface area contributed by atoms with Crippen LogP contribution in [0.5, 0.6) is 5.75 Å². The average Bonchev–Trinajstić information content (AvgIpc) is 2.86. The van der Waals surface area contributed by atoms with E-state index in [-0.39, 0.29) is 11.9 Å². The number of aromatic hydroxyl groups is 1. The Bertz CT molecular complexity index is 1070. The molecule has 5 rings (SSSR count). The van der Waals surface area contributed by atoms with Crippen molar-refractivity contribution in [2.24, 2.45) is 0 Å². The van der Waals surface area contributed by atoms with Gasteiger partial charge in [0.1, 0.15) is 11.6 Å². The van der Waals surface area contributed by atoms with E-state index in [1.54, 1.807) is 6.07 Å². The molecule has 3 aromatic rings. The number of anilines is 1. The summed E-state index contributed by atoms with van der Waals surface area (Å²) in [4.78, 5) is 4.99. The molecule has 1 fully saturated rings. The number of hydrogen-bond acceptors (Lipinski definition) is 3. The summed E-state index contributed by atoms with van der Waals surface area (Å²) in [5.74, 6) is 0.111. The molecule has 0 bridgehead atoms. The molecule has 3 aromatic carbocycles. The first-order chi connectivity index (χ1) is 16.7. The van der Waals surface area contributed by atoms with E-state index >= 15 is 0 Å². The first-order valence-electron chi connectivity index (χ1n) is 12.8. The Morgan fingerprint density at radius 1 is 0.824 bits per heavy atom. The van der Waals surface area contributed by atoms with Crippen molar-refractivity contribution in [3.8, 4) is 5.75 Å². The van der Waals surface area contributed by atoms with Crippen LogP contribution in [0.4, 0.5) is 10.1 Å². The highest BCUT2D eigenvalue weighted by atomic mass is 19.1. The molecule has 1 unspecified atom stereocenters. The topological polar surface area (TPSA) is 26.7 Å². The summed E-state index contributed by atoms with van der Waals surface area (Å²) in [5.41, 5.74) is 6.21. The first kappa shape index (κ1) is 22.9. The second-order valence-electron chi connectivity index (χ2n) is 9.85. The highest BCUT2D eigenvalue weighted by Crippen LogP contribution is 2.37. The van der Waals surface area contributed by atoms with E-state index < -0.39 is 0 Å². The van der Waals surface area contributed by atoms with Crippen molar-refractivity contribution in [2.75, 3.05) is 31.1 Å². The van der Waals surface area contributed by atoms with Crippen molar-refractivity contribution in [1.82, 2.24) is 4.90 Å². The molecule has 1 N–H and O–H groups in total. The van der Waals surface area contributed by atoms with Gasteiger partial charge in [-0.05, 0) is 117 Å². The zero-order valence-corrected chi connectivity index (χ0v) is 19.9. The van der Waals surface area contributed by atoms with Crippen molar-refractivity contribution >= 4 is 5.69 Å². The molecular weight excluding hydrogens is 423 g/mol. The Labute approximate surface area is 202 Å². The summed E-state index contributed by atoms with van der Waals surface area (Å²) in [6, 6.07) is 21.8. The SMILES string of the molecule is Oc1ccc2c(c1)CCN(c1ccc(F)cc1)C2Cc1ccc(CCCN2CCCCC2)cc1. The number of halogens is 1. The van der Waals surface area contributed by atoms with Crippen molar-refractivity contribution in [3.63, 3.8) is 0 Å². The van der Waals surface area contributed by atoms with Crippen molar-refractivity contribution in [2.45, 2.75) is 51.0 Å². The molecule has 0 spiro atoms. The number of aryl methyl sites for hydroxylation is 1. The van der Waals surface area contributed by atoms with Crippen LogP contribution in [0.15, 0.2) is 66.7 Å². The third-order valence-corrected chi connectivity index (χ3v) is 7.48. The smallest absolute Gasteiger partial charge is 0.123 e. The first-order valence-corrected chi connectivity index (χ1v) is 12.8. The van der Waals surface area contributed by atoms with E-state index in [1.807, 2.05) is 18.2 Å². The fourth-order valence-electron chi connectivity index (χ4n) is 5.62. The molecule has 0 amide bonds. The lowest BCUT2D eigenvalue weighted by Crippen LogP contribution is -2.36. The molecule has 0 aromatic heterocycles. The molecule has 1 saturated heterocycles. The van der Waals surface area contributed by atoms with Gasteiger partial charge in [0.05, 0.1) is 6.04 Å². The second kappa shape index (κ2) is 10.6. The second-order valence-corrected chi connectivity index (χ2v) is 9.85. The number of nitrogens with zero attached hydrogens (tertiary/aromatic N) is 2. The predicted molar refractivity (Wildman–Crippen MR) is 137 cm³/mol. The maximum Gasteiger partial charge on any atom is 0.123 e. The third-order valence-electron chi connectivity index (χ3n) is 7.48. The van der Waals surface area contributed by atoms with Crippen LogP contribution in [0.3, 0.4) is 0 Å². The maximum absolute atomic E-state index is 13.6. The van der Waals surface area contributed by atoms with Gasteiger partial charge in [0.2, 0.25) is 0 Å². The number of hydrogen-bond donors (Lipinski definition) is 1. The molecule has 0 aliphatic carbocycles. The minimum atomic E-state index is -0.210. The van der Waals surface area contributed by atoms with Gasteiger partial charge in [-0.3, -0.25) is 0 Å². The van der Waals surface area contributed by atoms with Crippen LogP contribution < -0.4 is 4.90 Å². The van der Waals surface area contributed by atoms with Gasteiger partial charge in [-0.15, -0.1) is 0 Å². The average molecular weight is 459 g/mol. The van der Waals surface area contributed by atoms with Gasteiger partial charge >= 0.3 is 0 Å². The fourth-order valence-corrected chi connectivity index (χ4v) is 5.62. The van der Waals surface area contributed by atoms with Crippen LogP contribution in [0.1, 0.15) is 54.0 Å². The van der Waals surface area contributed by atoms with Gasteiger partial charge in [-0.25, -0.2) is 4.39 Å². The van der Waals surface area contributed by atoms with Crippen LogP contribution in [0.2, 0.25) is 0 Å². The minimum absolute atomic E-state index is 0.153. The van der Waals surface area contributed by atoms with Gasteiger partial charge in [0.15, 0.2) is 0 Å². The molecule has 0 radical (unpaired) electrons. The quantitative estimate of drug-likeness (QED) is 0.450. The van der Waals surface area contributed by atoms with Gasteiger partial charge in [-0.1, -0.05) is 36.8 Å². The Kier molecular flexibility index (Phi) is 7.15. The Morgan fingerprint density at radius 3 is 2.32 bits per heavy atom. The Morgan fingerprint density at radius 2 is 1.56 bits per heavy atom.